The molecule has 1 aromatic rings. The molecule has 0 saturated carbocycles. The predicted octanol–water partition coefficient (Wildman–Crippen LogP) is 2.57. The van der Waals surface area contributed by atoms with Crippen LogP contribution < -0.4 is 5.32 Å². The number of fused-ring (bicyclic) bond motifs is 1. The first-order chi connectivity index (χ1) is 6.98. The van der Waals surface area contributed by atoms with E-state index in [1.54, 1.807) is 0 Å². The highest BCUT2D eigenvalue weighted by molar-refractivity contribution is 5.34. The number of hydrogen-bond donors (Lipinski definition) is 1. The summed E-state index contributed by atoms with van der Waals surface area (Å²) >= 11 is 0. The van der Waals surface area contributed by atoms with Crippen LogP contribution in [-0.4, -0.2) is 12.7 Å². The zero-order chi connectivity index (χ0) is 11.1. The minimum atomic E-state index is -4.28. The average molecular weight is 219 g/mol. The van der Waals surface area contributed by atoms with E-state index < -0.39 is 17.9 Å². The zero-order valence-electron chi connectivity index (χ0n) is 7.74. The van der Waals surface area contributed by atoms with Crippen LogP contribution in [-0.2, 0) is 6.54 Å². The molecule has 0 fully saturated rings. The number of nitrogens with one attached hydrogen (secondary N) is 1. The lowest BCUT2D eigenvalue weighted by atomic mass is 9.90. The second kappa shape index (κ2) is 3.48. The van der Waals surface area contributed by atoms with E-state index in [9.17, 15) is 17.6 Å². The monoisotopic (exact) mass is 219 g/mol. The van der Waals surface area contributed by atoms with Crippen LogP contribution in [0.1, 0.15) is 17.0 Å². The fraction of sp³-hybridized carbons (Fsp3) is 0.400. The Kier molecular flexibility index (Phi) is 2.42. The summed E-state index contributed by atoms with van der Waals surface area (Å²) in [6.07, 6.45) is -4.28. The summed E-state index contributed by atoms with van der Waals surface area (Å²) in [6.45, 7) is 0.155. The van der Waals surface area contributed by atoms with Gasteiger partial charge in [0.05, 0.1) is 5.92 Å². The van der Waals surface area contributed by atoms with Gasteiger partial charge in [0.2, 0.25) is 0 Å². The summed E-state index contributed by atoms with van der Waals surface area (Å²) in [4.78, 5) is 0. The summed E-state index contributed by atoms with van der Waals surface area (Å²) in [7, 11) is 0. The molecule has 1 aliphatic rings. The van der Waals surface area contributed by atoms with E-state index in [-0.39, 0.29) is 12.1 Å². The molecule has 1 N–H and O–H groups in total. The molecule has 15 heavy (non-hydrogen) atoms. The van der Waals surface area contributed by atoms with Gasteiger partial charge in [-0.3, -0.25) is 0 Å². The van der Waals surface area contributed by atoms with Gasteiger partial charge < -0.3 is 5.32 Å². The Bertz CT molecular complexity index is 372. The fourth-order valence-corrected chi connectivity index (χ4v) is 1.82. The zero-order valence-corrected chi connectivity index (χ0v) is 7.74. The van der Waals surface area contributed by atoms with Gasteiger partial charge in [0.1, 0.15) is 5.82 Å². The van der Waals surface area contributed by atoms with Gasteiger partial charge in [-0.05, 0) is 23.3 Å². The van der Waals surface area contributed by atoms with E-state index in [1.807, 2.05) is 0 Å². The third-order valence-electron chi connectivity index (χ3n) is 2.54. The predicted molar refractivity (Wildman–Crippen MR) is 46.9 cm³/mol. The van der Waals surface area contributed by atoms with Gasteiger partial charge in [-0.15, -0.1) is 0 Å². The SMILES string of the molecule is Fc1ccc2c(c1)CNCC2C(F)(F)F. The van der Waals surface area contributed by atoms with Crippen LogP contribution in [0.25, 0.3) is 0 Å². The molecular formula is C10H9F4N. The Labute approximate surface area is 84.1 Å². The normalized spacial score (nSPS) is 21.2. The number of benzene rings is 1. The summed E-state index contributed by atoms with van der Waals surface area (Å²) in [5.41, 5.74) is 0.575. The highest BCUT2D eigenvalue weighted by Crippen LogP contribution is 2.37. The Hall–Kier alpha value is -1.10. The van der Waals surface area contributed by atoms with E-state index in [2.05, 4.69) is 5.32 Å². The Balaban J connectivity index is 2.43. The van der Waals surface area contributed by atoms with Crippen molar-refractivity contribution < 1.29 is 17.6 Å². The third-order valence-corrected chi connectivity index (χ3v) is 2.54. The van der Waals surface area contributed by atoms with Gasteiger partial charge in [0, 0.05) is 13.1 Å². The summed E-state index contributed by atoms with van der Waals surface area (Å²) in [6, 6.07) is 3.45. The fourth-order valence-electron chi connectivity index (χ4n) is 1.82. The lowest BCUT2D eigenvalue weighted by molar-refractivity contribution is -0.150. The first-order valence-corrected chi connectivity index (χ1v) is 4.54. The van der Waals surface area contributed by atoms with Crippen molar-refractivity contribution >= 4 is 0 Å². The topological polar surface area (TPSA) is 12.0 Å². The number of halogens is 4. The number of alkyl halides is 3. The van der Waals surface area contributed by atoms with Crippen molar-refractivity contribution in [1.82, 2.24) is 5.32 Å². The van der Waals surface area contributed by atoms with Gasteiger partial charge in [0.25, 0.3) is 0 Å². The Morgan fingerprint density at radius 2 is 2.00 bits per heavy atom. The van der Waals surface area contributed by atoms with Crippen LogP contribution in [0, 0.1) is 5.82 Å². The molecule has 1 nitrogen and oxygen atoms in total. The van der Waals surface area contributed by atoms with Crippen LogP contribution >= 0.6 is 0 Å². The first kappa shape index (κ1) is 10.4. The van der Waals surface area contributed by atoms with Crippen LogP contribution in [0.2, 0.25) is 0 Å². The maximum atomic E-state index is 12.8. The van der Waals surface area contributed by atoms with Crippen molar-refractivity contribution in [2.24, 2.45) is 0 Å². The van der Waals surface area contributed by atoms with Gasteiger partial charge in [-0.2, -0.15) is 13.2 Å². The molecule has 0 amide bonds. The highest BCUT2D eigenvalue weighted by atomic mass is 19.4. The molecule has 0 aromatic heterocycles. The van der Waals surface area contributed by atoms with E-state index in [4.69, 9.17) is 0 Å². The molecular weight excluding hydrogens is 210 g/mol. The molecule has 2 rings (SSSR count). The molecule has 1 unspecified atom stereocenters. The number of hydrogen-bond acceptors (Lipinski definition) is 1. The van der Waals surface area contributed by atoms with Crippen molar-refractivity contribution in [2.75, 3.05) is 6.54 Å². The Morgan fingerprint density at radius 3 is 2.67 bits per heavy atom. The molecule has 1 aromatic carbocycles. The van der Waals surface area contributed by atoms with Crippen molar-refractivity contribution in [3.63, 3.8) is 0 Å². The van der Waals surface area contributed by atoms with E-state index in [0.717, 1.165) is 12.1 Å². The Morgan fingerprint density at radius 1 is 1.27 bits per heavy atom. The van der Waals surface area contributed by atoms with Crippen molar-refractivity contribution in [2.45, 2.75) is 18.6 Å². The van der Waals surface area contributed by atoms with E-state index in [0.29, 0.717) is 12.1 Å². The molecule has 0 saturated heterocycles. The molecule has 0 spiro atoms. The lowest BCUT2D eigenvalue weighted by Gasteiger charge is -2.28. The minimum Gasteiger partial charge on any atom is -0.312 e. The molecule has 1 atom stereocenters. The van der Waals surface area contributed by atoms with Gasteiger partial charge in [-0.25, -0.2) is 4.39 Å². The van der Waals surface area contributed by atoms with Crippen molar-refractivity contribution in [3.8, 4) is 0 Å². The minimum absolute atomic E-state index is 0.137. The number of rotatable bonds is 0. The molecule has 0 radical (unpaired) electrons. The summed E-state index contributed by atoms with van der Waals surface area (Å²) in [5, 5.41) is 2.64. The highest BCUT2D eigenvalue weighted by Gasteiger charge is 2.42. The molecule has 5 heteroatoms. The van der Waals surface area contributed by atoms with Crippen LogP contribution in [0.15, 0.2) is 18.2 Å². The molecule has 82 valence electrons. The first-order valence-electron chi connectivity index (χ1n) is 4.54. The molecule has 0 aliphatic carbocycles. The largest absolute Gasteiger partial charge is 0.396 e. The van der Waals surface area contributed by atoms with Crippen LogP contribution in [0.4, 0.5) is 17.6 Å². The smallest absolute Gasteiger partial charge is 0.312 e. The van der Waals surface area contributed by atoms with Gasteiger partial charge >= 0.3 is 6.18 Å². The van der Waals surface area contributed by atoms with E-state index in [1.165, 1.54) is 6.07 Å². The van der Waals surface area contributed by atoms with Crippen LogP contribution in [0.5, 0.6) is 0 Å². The van der Waals surface area contributed by atoms with Gasteiger partial charge in [-0.1, -0.05) is 6.07 Å². The van der Waals surface area contributed by atoms with Crippen molar-refractivity contribution in [3.05, 3.63) is 35.1 Å². The maximum absolute atomic E-state index is 12.8. The van der Waals surface area contributed by atoms with E-state index >= 15 is 0 Å². The maximum Gasteiger partial charge on any atom is 0.396 e. The second-order valence-electron chi connectivity index (χ2n) is 3.57. The average Bonchev–Trinajstić information content (AvgIpc) is 2.15. The summed E-state index contributed by atoms with van der Waals surface area (Å²) in [5.74, 6) is -2.03. The molecule has 0 bridgehead atoms. The standard InChI is InChI=1S/C10H9F4N/c11-7-1-2-8-6(3-7)4-15-5-9(8)10(12,13)14/h1-3,9,15H,4-5H2. The van der Waals surface area contributed by atoms with Gasteiger partial charge in [0.15, 0.2) is 0 Å². The molecule has 1 aliphatic heterocycles. The van der Waals surface area contributed by atoms with Crippen LogP contribution in [0.3, 0.4) is 0 Å². The summed E-state index contributed by atoms with van der Waals surface area (Å²) < 4.78 is 50.6. The van der Waals surface area contributed by atoms with Crippen molar-refractivity contribution in [1.29, 1.82) is 0 Å². The lowest BCUT2D eigenvalue weighted by Crippen LogP contribution is -2.36. The second-order valence-corrected chi connectivity index (χ2v) is 3.57. The molecule has 1 heterocycles. The quantitative estimate of drug-likeness (QED) is 0.661. The third kappa shape index (κ3) is 1.97.